The summed E-state index contributed by atoms with van der Waals surface area (Å²) < 4.78 is 30.5. The molecule has 4 rings (SSSR count). The van der Waals surface area contributed by atoms with Crippen LogP contribution in [0, 0.1) is 5.92 Å². The van der Waals surface area contributed by atoms with Gasteiger partial charge in [0.1, 0.15) is 0 Å². The Hall–Kier alpha value is -1.98. The first-order chi connectivity index (χ1) is 11.4. The minimum Gasteiger partial charge on any atom is -0.335 e. The maximum absolute atomic E-state index is 15.3. The molecule has 2 atom stereocenters. The van der Waals surface area contributed by atoms with Gasteiger partial charge in [-0.05, 0) is 18.4 Å². The van der Waals surface area contributed by atoms with Gasteiger partial charge in [-0.3, -0.25) is 9.59 Å². The summed E-state index contributed by atoms with van der Waals surface area (Å²) in [5.41, 5.74) is -4.08. The smallest absolute Gasteiger partial charge is 0.266 e. The second-order valence-corrected chi connectivity index (χ2v) is 7.24. The number of hydrogen-bond donors (Lipinski definition) is 0. The van der Waals surface area contributed by atoms with Crippen LogP contribution in [0.5, 0.6) is 0 Å². The van der Waals surface area contributed by atoms with Gasteiger partial charge in [0.05, 0.1) is 19.6 Å². The second kappa shape index (κ2) is 5.26. The Balaban J connectivity index is 1.51. The highest BCUT2D eigenvalue weighted by atomic mass is 19.2. The molecule has 6 heteroatoms. The van der Waals surface area contributed by atoms with E-state index in [1.54, 1.807) is 0 Å². The zero-order valence-corrected chi connectivity index (χ0v) is 13.4. The molecule has 3 fully saturated rings. The average molecular weight is 334 g/mol. The number of nitrogens with zero attached hydrogens (tertiary/aromatic N) is 2. The van der Waals surface area contributed by atoms with Crippen LogP contribution in [0.3, 0.4) is 0 Å². The highest BCUT2D eigenvalue weighted by Gasteiger charge is 2.71. The van der Waals surface area contributed by atoms with Gasteiger partial charge < -0.3 is 9.80 Å². The first-order valence-corrected chi connectivity index (χ1v) is 8.43. The van der Waals surface area contributed by atoms with E-state index < -0.39 is 23.8 Å². The van der Waals surface area contributed by atoms with Crippen LogP contribution in [-0.2, 0) is 16.1 Å². The molecule has 0 bridgehead atoms. The predicted molar refractivity (Wildman–Crippen MR) is 83.5 cm³/mol. The van der Waals surface area contributed by atoms with E-state index in [0.717, 1.165) is 24.8 Å². The van der Waals surface area contributed by atoms with Crippen LogP contribution >= 0.6 is 0 Å². The molecule has 2 saturated heterocycles. The summed E-state index contributed by atoms with van der Waals surface area (Å²) in [4.78, 5) is 27.3. The third-order valence-corrected chi connectivity index (χ3v) is 5.61. The van der Waals surface area contributed by atoms with Gasteiger partial charge in [-0.1, -0.05) is 36.8 Å². The molecule has 1 aromatic carbocycles. The summed E-state index contributed by atoms with van der Waals surface area (Å²) in [7, 11) is 0. The molecule has 1 aromatic rings. The lowest BCUT2D eigenvalue weighted by Gasteiger charge is -2.30. The summed E-state index contributed by atoms with van der Waals surface area (Å²) >= 11 is 0. The number of amides is 2. The van der Waals surface area contributed by atoms with Crippen molar-refractivity contribution in [3.63, 3.8) is 0 Å². The number of benzene rings is 1. The van der Waals surface area contributed by atoms with Crippen molar-refractivity contribution in [1.82, 2.24) is 9.80 Å². The predicted octanol–water partition coefficient (Wildman–Crippen LogP) is 2.09. The summed E-state index contributed by atoms with van der Waals surface area (Å²) in [5.74, 6) is -1.16. The van der Waals surface area contributed by atoms with E-state index >= 15 is 8.78 Å². The standard InChI is InChI=1S/C18H20F2N2O2/c19-17-10-21(9-13-5-2-1-3-6-13)16(24)18(17,20)12-22(11-17)15(23)14-7-4-8-14/h1-3,5-6,14H,4,7-12H2/t17-,18-/m1/s1. The summed E-state index contributed by atoms with van der Waals surface area (Å²) in [5, 5.41) is 0. The quantitative estimate of drug-likeness (QED) is 0.849. The number of likely N-dealkylation sites (tertiary alicyclic amines) is 2. The van der Waals surface area contributed by atoms with E-state index in [4.69, 9.17) is 0 Å². The first-order valence-electron chi connectivity index (χ1n) is 8.43. The Morgan fingerprint density at radius 2 is 1.83 bits per heavy atom. The molecular formula is C18H20F2N2O2. The minimum absolute atomic E-state index is 0.119. The first kappa shape index (κ1) is 15.5. The van der Waals surface area contributed by atoms with E-state index in [9.17, 15) is 9.59 Å². The normalized spacial score (nSPS) is 32.8. The Morgan fingerprint density at radius 3 is 2.42 bits per heavy atom. The topological polar surface area (TPSA) is 40.6 Å². The van der Waals surface area contributed by atoms with Crippen LogP contribution in [-0.4, -0.2) is 52.6 Å². The molecule has 1 aliphatic carbocycles. The maximum atomic E-state index is 15.3. The summed E-state index contributed by atoms with van der Waals surface area (Å²) in [6, 6.07) is 9.15. The SMILES string of the molecule is O=C(C1CCC1)N1C[C@]2(F)CN(Cc3ccccc3)C(=O)[C@]2(F)C1. The molecule has 0 aromatic heterocycles. The lowest BCUT2D eigenvalue weighted by molar-refractivity contribution is -0.142. The molecular weight excluding hydrogens is 314 g/mol. The highest BCUT2D eigenvalue weighted by Crippen LogP contribution is 2.46. The Bertz CT molecular complexity index is 679. The molecule has 128 valence electrons. The van der Waals surface area contributed by atoms with E-state index in [1.807, 2.05) is 30.3 Å². The fourth-order valence-corrected chi connectivity index (χ4v) is 3.95. The molecule has 0 N–H and O–H groups in total. The van der Waals surface area contributed by atoms with Gasteiger partial charge in [0.25, 0.3) is 5.91 Å². The summed E-state index contributed by atoms with van der Waals surface area (Å²) in [6.07, 6.45) is 2.54. The zero-order chi connectivity index (χ0) is 16.9. The summed E-state index contributed by atoms with van der Waals surface area (Å²) in [6.45, 7) is -0.891. The van der Waals surface area contributed by atoms with Crippen molar-refractivity contribution in [2.24, 2.45) is 5.92 Å². The van der Waals surface area contributed by atoms with E-state index in [0.29, 0.717) is 0 Å². The van der Waals surface area contributed by atoms with E-state index in [-0.39, 0.29) is 31.5 Å². The van der Waals surface area contributed by atoms with Crippen LogP contribution in [0.2, 0.25) is 0 Å². The van der Waals surface area contributed by atoms with Crippen molar-refractivity contribution < 1.29 is 18.4 Å². The number of rotatable bonds is 3. The molecule has 0 unspecified atom stereocenters. The third kappa shape index (κ3) is 2.15. The van der Waals surface area contributed by atoms with Crippen molar-refractivity contribution >= 4 is 11.8 Å². The van der Waals surface area contributed by atoms with Crippen LogP contribution < -0.4 is 0 Å². The monoisotopic (exact) mass is 334 g/mol. The van der Waals surface area contributed by atoms with Crippen molar-refractivity contribution in [2.75, 3.05) is 19.6 Å². The van der Waals surface area contributed by atoms with Crippen molar-refractivity contribution in [2.45, 2.75) is 37.1 Å². The number of alkyl halides is 2. The highest BCUT2D eigenvalue weighted by molar-refractivity contribution is 5.92. The van der Waals surface area contributed by atoms with Crippen LogP contribution in [0.25, 0.3) is 0 Å². The zero-order valence-electron chi connectivity index (χ0n) is 13.4. The Labute approximate surface area is 139 Å². The van der Waals surface area contributed by atoms with Gasteiger partial charge in [-0.15, -0.1) is 0 Å². The number of hydrogen-bond acceptors (Lipinski definition) is 2. The molecule has 0 radical (unpaired) electrons. The molecule has 2 heterocycles. The lowest BCUT2D eigenvalue weighted by Crippen LogP contribution is -2.47. The van der Waals surface area contributed by atoms with Crippen molar-refractivity contribution in [1.29, 1.82) is 0 Å². The van der Waals surface area contributed by atoms with Crippen LogP contribution in [0.4, 0.5) is 8.78 Å². The maximum Gasteiger partial charge on any atom is 0.266 e. The minimum atomic E-state index is -2.61. The van der Waals surface area contributed by atoms with Gasteiger partial charge >= 0.3 is 0 Å². The van der Waals surface area contributed by atoms with E-state index in [2.05, 4.69) is 0 Å². The number of fused-ring (bicyclic) bond motifs is 1. The average Bonchev–Trinajstić information content (AvgIpc) is 2.86. The van der Waals surface area contributed by atoms with Gasteiger partial charge in [0, 0.05) is 12.5 Å². The fraction of sp³-hybridized carbons (Fsp3) is 0.556. The second-order valence-electron chi connectivity index (χ2n) is 7.24. The van der Waals surface area contributed by atoms with Gasteiger partial charge in [-0.25, -0.2) is 8.78 Å². The van der Waals surface area contributed by atoms with Gasteiger partial charge in [0.2, 0.25) is 11.6 Å². The molecule has 1 saturated carbocycles. The Morgan fingerprint density at radius 1 is 1.12 bits per heavy atom. The van der Waals surface area contributed by atoms with Gasteiger partial charge in [-0.2, -0.15) is 0 Å². The number of carbonyl (C=O) groups is 2. The largest absolute Gasteiger partial charge is 0.335 e. The molecule has 2 amide bonds. The van der Waals surface area contributed by atoms with Crippen LogP contribution in [0.1, 0.15) is 24.8 Å². The molecule has 24 heavy (non-hydrogen) atoms. The molecule has 0 spiro atoms. The third-order valence-electron chi connectivity index (χ3n) is 5.61. The van der Waals surface area contributed by atoms with Crippen LogP contribution in [0.15, 0.2) is 30.3 Å². The molecule has 2 aliphatic heterocycles. The van der Waals surface area contributed by atoms with Gasteiger partial charge in [0.15, 0.2) is 5.67 Å². The fourth-order valence-electron chi connectivity index (χ4n) is 3.95. The van der Waals surface area contributed by atoms with E-state index in [1.165, 1.54) is 9.80 Å². The number of halogens is 2. The van der Waals surface area contributed by atoms with Crippen molar-refractivity contribution in [3.8, 4) is 0 Å². The van der Waals surface area contributed by atoms with Crippen molar-refractivity contribution in [3.05, 3.63) is 35.9 Å². The Kier molecular flexibility index (Phi) is 3.41. The number of carbonyl (C=O) groups excluding carboxylic acids is 2. The molecule has 4 nitrogen and oxygen atoms in total. The lowest BCUT2D eigenvalue weighted by atomic mass is 9.84. The molecule has 3 aliphatic rings.